The van der Waals surface area contributed by atoms with Gasteiger partial charge in [0.05, 0.1) is 11.9 Å². The quantitative estimate of drug-likeness (QED) is 0.721. The molecule has 5 heteroatoms. The number of nitrogen functional groups attached to an aromatic ring is 1. The molecule has 0 saturated carbocycles. The number of aromatic amines is 1. The average Bonchev–Trinajstić information content (AvgIpc) is 2.93. The van der Waals surface area contributed by atoms with Gasteiger partial charge in [-0.1, -0.05) is 6.92 Å². The van der Waals surface area contributed by atoms with Gasteiger partial charge in [0.1, 0.15) is 5.65 Å². The van der Waals surface area contributed by atoms with Gasteiger partial charge in [0.15, 0.2) is 0 Å². The molecule has 0 spiro atoms. The summed E-state index contributed by atoms with van der Waals surface area (Å²) in [4.78, 5) is 7.58. The van der Waals surface area contributed by atoms with Crippen LogP contribution < -0.4 is 5.73 Å². The van der Waals surface area contributed by atoms with E-state index in [1.54, 1.807) is 6.20 Å². The first-order chi connectivity index (χ1) is 8.70. The van der Waals surface area contributed by atoms with Crippen LogP contribution in [0, 0.1) is 0 Å². The summed E-state index contributed by atoms with van der Waals surface area (Å²) in [7, 11) is 1.96. The topological polar surface area (TPSA) is 72.5 Å². The molecular weight excluding hydrogens is 226 g/mol. The third kappa shape index (κ3) is 1.48. The SMILES string of the molecule is CCc1c(-c2cc3c(N)ccnc3[nH]2)cnn1C. The van der Waals surface area contributed by atoms with Crippen molar-refractivity contribution in [2.45, 2.75) is 13.3 Å². The van der Waals surface area contributed by atoms with E-state index in [1.165, 1.54) is 5.69 Å². The van der Waals surface area contributed by atoms with Gasteiger partial charge in [-0.2, -0.15) is 5.10 Å². The number of hydrogen-bond acceptors (Lipinski definition) is 3. The van der Waals surface area contributed by atoms with Crippen LogP contribution in [0.1, 0.15) is 12.6 Å². The number of anilines is 1. The first-order valence-electron chi connectivity index (χ1n) is 5.95. The lowest BCUT2D eigenvalue weighted by Gasteiger charge is -2.00. The third-order valence-electron chi connectivity index (χ3n) is 3.25. The largest absolute Gasteiger partial charge is 0.398 e. The molecule has 3 aromatic heterocycles. The van der Waals surface area contributed by atoms with Crippen LogP contribution in [0.25, 0.3) is 22.3 Å². The van der Waals surface area contributed by atoms with Gasteiger partial charge in [0.2, 0.25) is 0 Å². The number of nitrogens with two attached hydrogens (primary N) is 1. The van der Waals surface area contributed by atoms with Crippen molar-refractivity contribution in [2.75, 3.05) is 5.73 Å². The molecule has 0 amide bonds. The molecule has 92 valence electrons. The number of H-pyrrole nitrogens is 1. The maximum Gasteiger partial charge on any atom is 0.139 e. The van der Waals surface area contributed by atoms with Crippen molar-refractivity contribution in [1.82, 2.24) is 19.7 Å². The van der Waals surface area contributed by atoms with Crippen molar-refractivity contribution >= 4 is 16.7 Å². The Morgan fingerprint density at radius 1 is 1.44 bits per heavy atom. The zero-order valence-electron chi connectivity index (χ0n) is 10.4. The Hall–Kier alpha value is -2.30. The van der Waals surface area contributed by atoms with Crippen molar-refractivity contribution in [3.8, 4) is 11.3 Å². The summed E-state index contributed by atoms with van der Waals surface area (Å²) >= 11 is 0. The van der Waals surface area contributed by atoms with E-state index in [2.05, 4.69) is 22.0 Å². The molecule has 3 N–H and O–H groups in total. The van der Waals surface area contributed by atoms with E-state index in [1.807, 2.05) is 30.1 Å². The number of rotatable bonds is 2. The second-order valence-electron chi connectivity index (χ2n) is 4.33. The summed E-state index contributed by atoms with van der Waals surface area (Å²) in [5.74, 6) is 0. The van der Waals surface area contributed by atoms with Gasteiger partial charge in [-0.15, -0.1) is 0 Å². The molecule has 0 saturated heterocycles. The van der Waals surface area contributed by atoms with Crippen LogP contribution in [0.15, 0.2) is 24.5 Å². The van der Waals surface area contributed by atoms with Crippen LogP contribution in [-0.2, 0) is 13.5 Å². The van der Waals surface area contributed by atoms with Crippen molar-refractivity contribution in [2.24, 2.45) is 7.05 Å². The molecule has 0 atom stereocenters. The van der Waals surface area contributed by atoms with E-state index in [0.717, 1.165) is 34.4 Å². The number of aryl methyl sites for hydroxylation is 1. The zero-order chi connectivity index (χ0) is 12.7. The first-order valence-corrected chi connectivity index (χ1v) is 5.95. The van der Waals surface area contributed by atoms with E-state index in [4.69, 9.17) is 5.73 Å². The van der Waals surface area contributed by atoms with E-state index < -0.39 is 0 Å². The molecule has 0 aliphatic carbocycles. The molecule has 18 heavy (non-hydrogen) atoms. The standard InChI is InChI=1S/C13H15N5/c1-3-12-9(7-16-18(12)2)11-6-8-10(14)4-5-15-13(8)17-11/h4-7H,3H2,1-2H3,(H3,14,15,17). The van der Waals surface area contributed by atoms with Crippen molar-refractivity contribution < 1.29 is 0 Å². The molecule has 0 radical (unpaired) electrons. The minimum absolute atomic E-state index is 0.740. The highest BCUT2D eigenvalue weighted by molar-refractivity contribution is 5.92. The summed E-state index contributed by atoms with van der Waals surface area (Å²) in [6.45, 7) is 2.12. The molecule has 3 heterocycles. The van der Waals surface area contributed by atoms with Crippen molar-refractivity contribution in [3.05, 3.63) is 30.2 Å². The third-order valence-corrected chi connectivity index (χ3v) is 3.25. The highest BCUT2D eigenvalue weighted by atomic mass is 15.3. The number of pyridine rings is 1. The highest BCUT2D eigenvalue weighted by Gasteiger charge is 2.12. The maximum absolute atomic E-state index is 5.94. The summed E-state index contributed by atoms with van der Waals surface area (Å²) in [5, 5.41) is 5.26. The molecule has 0 aromatic carbocycles. The molecular formula is C13H15N5. The van der Waals surface area contributed by atoms with Crippen LogP contribution in [0.2, 0.25) is 0 Å². The van der Waals surface area contributed by atoms with Crippen LogP contribution in [0.4, 0.5) is 5.69 Å². The Kier molecular flexibility index (Phi) is 2.33. The predicted molar refractivity (Wildman–Crippen MR) is 72.1 cm³/mol. The minimum atomic E-state index is 0.740. The minimum Gasteiger partial charge on any atom is -0.398 e. The number of fused-ring (bicyclic) bond motifs is 1. The summed E-state index contributed by atoms with van der Waals surface area (Å²) in [6, 6.07) is 3.85. The summed E-state index contributed by atoms with van der Waals surface area (Å²) in [5.41, 5.74) is 10.8. The fourth-order valence-electron chi connectivity index (χ4n) is 2.30. The number of nitrogens with zero attached hydrogens (tertiary/aromatic N) is 3. The smallest absolute Gasteiger partial charge is 0.139 e. The van der Waals surface area contributed by atoms with E-state index in [9.17, 15) is 0 Å². The average molecular weight is 241 g/mol. The van der Waals surface area contributed by atoms with Gasteiger partial charge >= 0.3 is 0 Å². The monoisotopic (exact) mass is 241 g/mol. The number of aromatic nitrogens is 4. The molecule has 0 fully saturated rings. The normalized spacial score (nSPS) is 11.2. The van der Waals surface area contributed by atoms with Crippen LogP contribution in [-0.4, -0.2) is 19.7 Å². The van der Waals surface area contributed by atoms with Gasteiger partial charge in [0, 0.05) is 35.6 Å². The Morgan fingerprint density at radius 3 is 3.00 bits per heavy atom. The van der Waals surface area contributed by atoms with Gasteiger partial charge in [-0.25, -0.2) is 4.98 Å². The van der Waals surface area contributed by atoms with Crippen LogP contribution in [0.5, 0.6) is 0 Å². The Bertz CT molecular complexity index is 707. The maximum atomic E-state index is 5.94. The summed E-state index contributed by atoms with van der Waals surface area (Å²) < 4.78 is 1.90. The lowest BCUT2D eigenvalue weighted by atomic mass is 10.1. The van der Waals surface area contributed by atoms with Crippen LogP contribution in [0.3, 0.4) is 0 Å². The molecule has 0 unspecified atom stereocenters. The Labute approximate surface area is 105 Å². The molecule has 0 aliphatic heterocycles. The molecule has 0 aliphatic rings. The number of nitrogens with one attached hydrogen (secondary N) is 1. The molecule has 0 bridgehead atoms. The molecule has 3 rings (SSSR count). The van der Waals surface area contributed by atoms with E-state index in [-0.39, 0.29) is 0 Å². The van der Waals surface area contributed by atoms with Gasteiger partial charge in [0.25, 0.3) is 0 Å². The zero-order valence-corrected chi connectivity index (χ0v) is 10.4. The van der Waals surface area contributed by atoms with E-state index in [0.29, 0.717) is 0 Å². The van der Waals surface area contributed by atoms with Gasteiger partial charge in [-0.05, 0) is 18.6 Å². The fraction of sp³-hybridized carbons (Fsp3) is 0.231. The highest BCUT2D eigenvalue weighted by Crippen LogP contribution is 2.28. The summed E-state index contributed by atoms with van der Waals surface area (Å²) in [6.07, 6.45) is 4.52. The second-order valence-corrected chi connectivity index (χ2v) is 4.33. The van der Waals surface area contributed by atoms with Crippen molar-refractivity contribution in [1.29, 1.82) is 0 Å². The van der Waals surface area contributed by atoms with E-state index >= 15 is 0 Å². The molecule has 5 nitrogen and oxygen atoms in total. The Morgan fingerprint density at radius 2 is 2.28 bits per heavy atom. The second kappa shape index (κ2) is 3.87. The van der Waals surface area contributed by atoms with Gasteiger partial charge < -0.3 is 10.7 Å². The first kappa shape index (κ1) is 10.8. The predicted octanol–water partition coefficient (Wildman–Crippen LogP) is 2.11. The van der Waals surface area contributed by atoms with Crippen LogP contribution >= 0.6 is 0 Å². The molecule has 3 aromatic rings. The fourth-order valence-corrected chi connectivity index (χ4v) is 2.30. The lowest BCUT2D eigenvalue weighted by Crippen LogP contribution is -1.97. The van der Waals surface area contributed by atoms with Crippen molar-refractivity contribution in [3.63, 3.8) is 0 Å². The van der Waals surface area contributed by atoms with Gasteiger partial charge in [-0.3, -0.25) is 4.68 Å². The lowest BCUT2D eigenvalue weighted by molar-refractivity contribution is 0.718. The Balaban J connectivity index is 2.23. The number of hydrogen-bond donors (Lipinski definition) is 2.